The van der Waals surface area contributed by atoms with Crippen molar-refractivity contribution < 1.29 is 44.5 Å². The Morgan fingerprint density at radius 2 is 1.00 bits per heavy atom. The molecule has 0 fully saturated rings. The Labute approximate surface area is 211 Å². The van der Waals surface area contributed by atoms with Gasteiger partial charge in [0.1, 0.15) is 0 Å². The van der Waals surface area contributed by atoms with Crippen molar-refractivity contribution >= 4 is 7.81 Å². The van der Waals surface area contributed by atoms with E-state index in [0.717, 1.165) is 18.5 Å². The number of nitrogens with zero attached hydrogens (tertiary/aromatic N) is 7. The Balaban J connectivity index is 0.000000389. The van der Waals surface area contributed by atoms with Crippen LogP contribution in [0.5, 0.6) is 6.01 Å². The molecule has 16 heteroatoms. The van der Waals surface area contributed by atoms with Gasteiger partial charge in [0, 0.05) is 7.11 Å². The first-order chi connectivity index (χ1) is 17.7. The maximum Gasteiger partial charge on any atom is 0.396 e. The van der Waals surface area contributed by atoms with Crippen molar-refractivity contribution in [1.82, 2.24) is 24.1 Å². The summed E-state index contributed by atoms with van der Waals surface area (Å²) in [5, 5.41) is 19.1. The van der Waals surface area contributed by atoms with E-state index in [4.69, 9.17) is 5.11 Å². The van der Waals surface area contributed by atoms with Crippen molar-refractivity contribution in [3.63, 3.8) is 0 Å². The zero-order valence-electron chi connectivity index (χ0n) is 19.4. The molecule has 3 heterocycles. The molecule has 0 spiro atoms. The molecule has 202 valence electrons. The van der Waals surface area contributed by atoms with Crippen LogP contribution in [0.2, 0.25) is 0 Å². The maximum atomic E-state index is 12.1. The molecule has 5 rings (SSSR count). The molecule has 3 aromatic heterocycles. The summed E-state index contributed by atoms with van der Waals surface area (Å²) in [5.41, 5.74) is 1.99. The van der Waals surface area contributed by atoms with E-state index in [0.29, 0.717) is 0 Å². The molecule has 1 N–H and O–H groups in total. The molecule has 0 saturated carbocycles. The van der Waals surface area contributed by atoms with Crippen LogP contribution in [0.25, 0.3) is 23.3 Å². The van der Waals surface area contributed by atoms with Gasteiger partial charge in [-0.15, -0.1) is 0 Å². The van der Waals surface area contributed by atoms with Crippen molar-refractivity contribution in [2.75, 3.05) is 7.11 Å². The second-order valence-electron chi connectivity index (χ2n) is 7.30. The molecule has 0 aliphatic rings. The molecular formula is C22H20F6N7O2P. The van der Waals surface area contributed by atoms with Crippen LogP contribution >= 0.6 is 7.81 Å². The summed E-state index contributed by atoms with van der Waals surface area (Å²) in [7, 11) is -9.66. The second kappa shape index (κ2) is 10.2. The van der Waals surface area contributed by atoms with Crippen LogP contribution in [0.1, 0.15) is 0 Å². The third kappa shape index (κ3) is 8.94. The molecule has 0 aliphatic carbocycles. The predicted octanol–water partition coefficient (Wildman–Crippen LogP) is 4.07. The fourth-order valence-corrected chi connectivity index (χ4v) is 3.02. The SMILES string of the molecule is CO.F[P-](F)(F)(F)(F)F.[O-]c1nc(-[n+]2ccn(-c3ccccc3)c2)nc(-[n+]2ccn(-c3ccccc3)c2)n1. The first kappa shape index (κ1) is 28.2. The van der Waals surface area contributed by atoms with Gasteiger partial charge in [-0.05, 0) is 29.2 Å². The van der Waals surface area contributed by atoms with Crippen LogP contribution in [-0.4, -0.2) is 36.3 Å². The summed E-state index contributed by atoms with van der Waals surface area (Å²) < 4.78 is 66.4. The fraction of sp³-hybridized carbons (Fsp3) is 0.0455. The molecule has 0 amide bonds. The minimum atomic E-state index is -10.7. The Morgan fingerprint density at radius 3 is 1.34 bits per heavy atom. The smallest absolute Gasteiger partial charge is 0.396 e. The van der Waals surface area contributed by atoms with Crippen LogP contribution in [-0.2, 0) is 0 Å². The Bertz CT molecular complexity index is 1390. The van der Waals surface area contributed by atoms with E-state index in [1.54, 1.807) is 21.5 Å². The summed E-state index contributed by atoms with van der Waals surface area (Å²) in [5.74, 6) is 0.518. The van der Waals surface area contributed by atoms with Crippen molar-refractivity contribution in [1.29, 1.82) is 0 Å². The standard InChI is InChI=1S/C21H16N7O.CH4O.F6P/c29-21-23-19(27-13-11-25(15-27)17-7-3-1-4-8-17)22-20(24-21)28-14-12-26(16-28)18-9-5-2-6-10-18;1-2;1-7(2,3,4,5)6/h1-16H;2H,1H3;/q+1;;-1. The third-order valence-corrected chi connectivity index (χ3v) is 4.44. The topological polar surface area (TPSA) is 99.6 Å². The van der Waals surface area contributed by atoms with Gasteiger partial charge in [-0.25, -0.2) is 0 Å². The van der Waals surface area contributed by atoms with E-state index >= 15 is 0 Å². The van der Waals surface area contributed by atoms with Crippen molar-refractivity contribution in [3.8, 4) is 29.3 Å². The molecule has 0 radical (unpaired) electrons. The minimum Gasteiger partial charge on any atom is -0.825 e. The Kier molecular flexibility index (Phi) is 7.56. The second-order valence-corrected chi connectivity index (χ2v) is 9.22. The molecule has 0 aliphatic heterocycles. The van der Waals surface area contributed by atoms with E-state index in [-0.39, 0.29) is 11.9 Å². The summed E-state index contributed by atoms with van der Waals surface area (Å²) in [4.78, 5) is 12.4. The number of benzene rings is 2. The van der Waals surface area contributed by atoms with Gasteiger partial charge in [0.05, 0.1) is 36.2 Å². The molecule has 0 unspecified atom stereocenters. The van der Waals surface area contributed by atoms with Crippen LogP contribution in [0, 0.1) is 0 Å². The average molecular weight is 559 g/mol. The zero-order chi connectivity index (χ0) is 28.0. The monoisotopic (exact) mass is 559 g/mol. The summed E-state index contributed by atoms with van der Waals surface area (Å²) >= 11 is 0. The van der Waals surface area contributed by atoms with Gasteiger partial charge in [0.25, 0.3) is 0 Å². The predicted molar refractivity (Wildman–Crippen MR) is 123 cm³/mol. The molecule has 5 aromatic rings. The average Bonchev–Trinajstić information content (AvgIpc) is 3.55. The normalized spacial score (nSPS) is 12.7. The van der Waals surface area contributed by atoms with Crippen LogP contribution in [0.4, 0.5) is 25.2 Å². The van der Waals surface area contributed by atoms with E-state index in [2.05, 4.69) is 15.0 Å². The van der Waals surface area contributed by atoms with Gasteiger partial charge in [-0.1, -0.05) is 46.4 Å². The zero-order valence-corrected chi connectivity index (χ0v) is 20.3. The number of hydrogen-bond acceptors (Lipinski definition) is 5. The molecule has 0 saturated heterocycles. The molecule has 9 nitrogen and oxygen atoms in total. The van der Waals surface area contributed by atoms with Gasteiger partial charge < -0.3 is 10.2 Å². The number of para-hydroxylation sites is 2. The minimum absolute atomic E-state index is 0.259. The summed E-state index contributed by atoms with van der Waals surface area (Å²) in [6, 6.07) is 19.1. The van der Waals surface area contributed by atoms with Gasteiger partial charge >= 0.3 is 44.9 Å². The van der Waals surface area contributed by atoms with E-state index in [9.17, 15) is 30.3 Å². The number of aliphatic hydroxyl groups is 1. The first-order valence-electron chi connectivity index (χ1n) is 10.5. The number of hydrogen-bond donors (Lipinski definition) is 1. The first-order valence-corrected chi connectivity index (χ1v) is 12.5. The molecule has 0 atom stereocenters. The largest absolute Gasteiger partial charge is 0.825 e. The van der Waals surface area contributed by atoms with Crippen molar-refractivity contribution in [3.05, 3.63) is 98.1 Å². The van der Waals surface area contributed by atoms with Gasteiger partial charge in [-0.2, -0.15) is 9.13 Å². The summed E-state index contributed by atoms with van der Waals surface area (Å²) in [6.45, 7) is 0. The van der Waals surface area contributed by atoms with Crippen LogP contribution < -0.4 is 14.2 Å². The van der Waals surface area contributed by atoms with Crippen LogP contribution in [0.15, 0.2) is 98.1 Å². The van der Waals surface area contributed by atoms with Crippen LogP contribution in [0.3, 0.4) is 0 Å². The number of halogens is 6. The summed E-state index contributed by atoms with van der Waals surface area (Å²) in [6.07, 6.45) is 11.0. The Hall–Kier alpha value is -4.36. The number of aromatic nitrogens is 7. The van der Waals surface area contributed by atoms with E-state index in [1.807, 2.05) is 94.8 Å². The Morgan fingerprint density at radius 1 is 0.658 bits per heavy atom. The number of imidazole rings is 2. The van der Waals surface area contributed by atoms with Gasteiger partial charge in [0.15, 0.2) is 12.7 Å². The van der Waals surface area contributed by atoms with Crippen molar-refractivity contribution in [2.45, 2.75) is 0 Å². The molecule has 2 aromatic carbocycles. The molecular weight excluding hydrogens is 539 g/mol. The molecule has 0 bridgehead atoms. The molecule has 38 heavy (non-hydrogen) atoms. The number of rotatable bonds is 4. The quantitative estimate of drug-likeness (QED) is 0.203. The van der Waals surface area contributed by atoms with Crippen molar-refractivity contribution in [2.24, 2.45) is 0 Å². The van der Waals surface area contributed by atoms with E-state index in [1.165, 1.54) is 0 Å². The third-order valence-electron chi connectivity index (χ3n) is 4.44. The maximum absolute atomic E-state index is 12.1. The fourth-order valence-electron chi connectivity index (χ4n) is 3.02. The van der Waals surface area contributed by atoms with E-state index < -0.39 is 13.8 Å². The number of aliphatic hydroxyl groups excluding tert-OH is 1. The van der Waals surface area contributed by atoms with Gasteiger partial charge in [-0.3, -0.25) is 9.13 Å². The van der Waals surface area contributed by atoms with Gasteiger partial charge in [0.2, 0.25) is 6.01 Å².